The summed E-state index contributed by atoms with van der Waals surface area (Å²) in [6.45, 7) is 5.38. The summed E-state index contributed by atoms with van der Waals surface area (Å²) in [5.41, 5.74) is 1.77. The van der Waals surface area contributed by atoms with E-state index in [1.165, 1.54) is 0 Å². The standard InChI is InChI=1S/C16H25N3O/c1-11-8-9-17-12(2)15(11)18-16(20)13-6-5-7-14(10-13)19(3)4/h5-7,10-12,15,17H,8-9H2,1-4H3,(H,18,20). The Morgan fingerprint density at radius 2 is 2.10 bits per heavy atom. The number of carbonyl (C=O) groups is 1. The van der Waals surface area contributed by atoms with Crippen molar-refractivity contribution in [3.63, 3.8) is 0 Å². The van der Waals surface area contributed by atoms with Crippen LogP contribution in [-0.4, -0.2) is 38.6 Å². The molecule has 1 amide bonds. The van der Waals surface area contributed by atoms with E-state index in [1.807, 2.05) is 43.3 Å². The van der Waals surface area contributed by atoms with Gasteiger partial charge < -0.3 is 15.5 Å². The van der Waals surface area contributed by atoms with E-state index in [0.717, 1.165) is 24.2 Å². The Bertz CT molecular complexity index is 463. The molecule has 0 radical (unpaired) electrons. The van der Waals surface area contributed by atoms with E-state index in [2.05, 4.69) is 24.5 Å². The summed E-state index contributed by atoms with van der Waals surface area (Å²) >= 11 is 0. The van der Waals surface area contributed by atoms with Crippen LogP contribution in [0, 0.1) is 5.92 Å². The van der Waals surface area contributed by atoms with Gasteiger partial charge in [0.25, 0.3) is 5.91 Å². The van der Waals surface area contributed by atoms with Gasteiger partial charge in [-0.05, 0) is 44.0 Å². The predicted molar refractivity (Wildman–Crippen MR) is 83.3 cm³/mol. The van der Waals surface area contributed by atoms with Crippen molar-refractivity contribution in [1.82, 2.24) is 10.6 Å². The van der Waals surface area contributed by atoms with Crippen LogP contribution in [0.2, 0.25) is 0 Å². The second-order valence-electron chi connectivity index (χ2n) is 5.95. The zero-order chi connectivity index (χ0) is 14.7. The zero-order valence-corrected chi connectivity index (χ0v) is 12.8. The lowest BCUT2D eigenvalue weighted by atomic mass is 9.89. The second kappa shape index (κ2) is 6.27. The quantitative estimate of drug-likeness (QED) is 0.885. The van der Waals surface area contributed by atoms with Gasteiger partial charge in [-0.15, -0.1) is 0 Å². The summed E-state index contributed by atoms with van der Waals surface area (Å²) < 4.78 is 0. The molecule has 20 heavy (non-hydrogen) atoms. The van der Waals surface area contributed by atoms with E-state index in [4.69, 9.17) is 0 Å². The number of rotatable bonds is 3. The molecule has 0 bridgehead atoms. The highest BCUT2D eigenvalue weighted by molar-refractivity contribution is 5.95. The highest BCUT2D eigenvalue weighted by atomic mass is 16.1. The third-order valence-electron chi connectivity index (χ3n) is 4.14. The average Bonchev–Trinajstić information content (AvgIpc) is 2.43. The van der Waals surface area contributed by atoms with Crippen molar-refractivity contribution >= 4 is 11.6 Å². The third-order valence-corrected chi connectivity index (χ3v) is 4.14. The van der Waals surface area contributed by atoms with E-state index < -0.39 is 0 Å². The molecule has 4 nitrogen and oxygen atoms in total. The number of anilines is 1. The van der Waals surface area contributed by atoms with Gasteiger partial charge in [0, 0.05) is 37.4 Å². The molecule has 1 aliphatic rings. The van der Waals surface area contributed by atoms with Crippen LogP contribution in [-0.2, 0) is 0 Å². The number of hydrogen-bond acceptors (Lipinski definition) is 3. The molecule has 2 rings (SSSR count). The fraction of sp³-hybridized carbons (Fsp3) is 0.562. The summed E-state index contributed by atoms with van der Waals surface area (Å²) in [4.78, 5) is 14.4. The Kier molecular flexibility index (Phi) is 4.65. The van der Waals surface area contributed by atoms with Crippen LogP contribution in [0.5, 0.6) is 0 Å². The lowest BCUT2D eigenvalue weighted by Gasteiger charge is -2.36. The van der Waals surface area contributed by atoms with Crippen molar-refractivity contribution < 1.29 is 4.79 Å². The van der Waals surface area contributed by atoms with Crippen molar-refractivity contribution in [2.24, 2.45) is 5.92 Å². The smallest absolute Gasteiger partial charge is 0.251 e. The normalized spacial score (nSPS) is 26.1. The lowest BCUT2D eigenvalue weighted by molar-refractivity contribution is 0.0897. The Balaban J connectivity index is 2.09. The minimum Gasteiger partial charge on any atom is -0.378 e. The monoisotopic (exact) mass is 275 g/mol. The molecule has 110 valence electrons. The van der Waals surface area contributed by atoms with E-state index in [-0.39, 0.29) is 11.9 Å². The Morgan fingerprint density at radius 1 is 1.35 bits per heavy atom. The third kappa shape index (κ3) is 3.31. The summed E-state index contributed by atoms with van der Waals surface area (Å²) in [6.07, 6.45) is 1.10. The molecule has 0 saturated carbocycles. The van der Waals surface area contributed by atoms with Gasteiger partial charge in [-0.1, -0.05) is 13.0 Å². The predicted octanol–water partition coefficient (Wildman–Crippen LogP) is 1.87. The summed E-state index contributed by atoms with van der Waals surface area (Å²) in [6, 6.07) is 8.24. The molecule has 1 saturated heterocycles. The van der Waals surface area contributed by atoms with E-state index in [9.17, 15) is 4.79 Å². The Labute approximate surface area is 121 Å². The summed E-state index contributed by atoms with van der Waals surface area (Å²) in [5.74, 6) is 0.522. The van der Waals surface area contributed by atoms with Crippen LogP contribution >= 0.6 is 0 Å². The number of nitrogens with zero attached hydrogens (tertiary/aromatic N) is 1. The first-order chi connectivity index (χ1) is 9.49. The van der Waals surface area contributed by atoms with Gasteiger partial charge >= 0.3 is 0 Å². The first kappa shape index (κ1) is 14.9. The maximum atomic E-state index is 12.4. The molecule has 1 heterocycles. The fourth-order valence-electron chi connectivity index (χ4n) is 2.77. The highest BCUT2D eigenvalue weighted by Gasteiger charge is 2.28. The van der Waals surface area contributed by atoms with Crippen LogP contribution in [0.15, 0.2) is 24.3 Å². The summed E-state index contributed by atoms with van der Waals surface area (Å²) in [5, 5.41) is 6.61. The maximum Gasteiger partial charge on any atom is 0.251 e. The fourth-order valence-corrected chi connectivity index (χ4v) is 2.77. The Hall–Kier alpha value is -1.55. The average molecular weight is 275 g/mol. The maximum absolute atomic E-state index is 12.4. The minimum atomic E-state index is 0.0149. The molecule has 1 aromatic rings. The van der Waals surface area contributed by atoms with E-state index >= 15 is 0 Å². The molecule has 0 spiro atoms. The molecule has 1 aliphatic heterocycles. The van der Waals surface area contributed by atoms with E-state index in [1.54, 1.807) is 0 Å². The van der Waals surface area contributed by atoms with Crippen molar-refractivity contribution in [1.29, 1.82) is 0 Å². The van der Waals surface area contributed by atoms with Gasteiger partial charge in [0.1, 0.15) is 0 Å². The van der Waals surface area contributed by atoms with Gasteiger partial charge in [0.15, 0.2) is 0 Å². The second-order valence-corrected chi connectivity index (χ2v) is 5.95. The van der Waals surface area contributed by atoms with Crippen molar-refractivity contribution in [3.05, 3.63) is 29.8 Å². The van der Waals surface area contributed by atoms with Crippen LogP contribution < -0.4 is 15.5 Å². The first-order valence-corrected chi connectivity index (χ1v) is 7.30. The van der Waals surface area contributed by atoms with Crippen LogP contribution in [0.25, 0.3) is 0 Å². The number of carbonyl (C=O) groups excluding carboxylic acids is 1. The SMILES string of the molecule is CC1CCNC(C)C1NC(=O)c1cccc(N(C)C)c1. The van der Waals surface area contributed by atoms with Crippen molar-refractivity contribution in [2.45, 2.75) is 32.4 Å². The van der Waals surface area contributed by atoms with Crippen molar-refractivity contribution in [3.8, 4) is 0 Å². The number of benzene rings is 1. The molecule has 3 unspecified atom stereocenters. The molecule has 0 aliphatic carbocycles. The first-order valence-electron chi connectivity index (χ1n) is 7.30. The zero-order valence-electron chi connectivity index (χ0n) is 12.8. The van der Waals surface area contributed by atoms with Crippen LogP contribution in [0.4, 0.5) is 5.69 Å². The molecule has 1 fully saturated rings. The molecule has 3 atom stereocenters. The number of nitrogens with one attached hydrogen (secondary N) is 2. The molecule has 0 aromatic heterocycles. The van der Waals surface area contributed by atoms with Gasteiger partial charge in [0.2, 0.25) is 0 Å². The number of piperidine rings is 1. The highest BCUT2D eigenvalue weighted by Crippen LogP contribution is 2.18. The summed E-state index contributed by atoms with van der Waals surface area (Å²) in [7, 11) is 3.96. The minimum absolute atomic E-state index is 0.0149. The van der Waals surface area contributed by atoms with E-state index in [0.29, 0.717) is 12.0 Å². The molecular formula is C16H25N3O. The van der Waals surface area contributed by atoms with Crippen molar-refractivity contribution in [2.75, 3.05) is 25.5 Å². The molecule has 2 N–H and O–H groups in total. The van der Waals surface area contributed by atoms with Gasteiger partial charge in [-0.25, -0.2) is 0 Å². The Morgan fingerprint density at radius 3 is 2.75 bits per heavy atom. The number of hydrogen-bond donors (Lipinski definition) is 2. The van der Waals surface area contributed by atoms with Gasteiger partial charge in [0.05, 0.1) is 0 Å². The molecule has 1 aromatic carbocycles. The van der Waals surface area contributed by atoms with Crippen LogP contribution in [0.1, 0.15) is 30.6 Å². The lowest BCUT2D eigenvalue weighted by Crippen LogP contribution is -2.55. The molecule has 4 heteroatoms. The van der Waals surface area contributed by atoms with Crippen LogP contribution in [0.3, 0.4) is 0 Å². The van der Waals surface area contributed by atoms with Gasteiger partial charge in [-0.2, -0.15) is 0 Å². The molecular weight excluding hydrogens is 250 g/mol. The largest absolute Gasteiger partial charge is 0.378 e. The van der Waals surface area contributed by atoms with Gasteiger partial charge in [-0.3, -0.25) is 4.79 Å². The number of amides is 1. The topological polar surface area (TPSA) is 44.4 Å².